The topological polar surface area (TPSA) is 52.6 Å². The van der Waals surface area contributed by atoms with Crippen LogP contribution in [0.5, 0.6) is 0 Å². The Balaban J connectivity index is 3.13. The number of allylic oxidation sites excluding steroid dienone is 1. The van der Waals surface area contributed by atoms with E-state index >= 15 is 0 Å². The summed E-state index contributed by atoms with van der Waals surface area (Å²) in [4.78, 5) is 25.1. The standard InChI is InChI=1S/C11H15O4.3C4H9.Sn/c1-7-5-11(6-8(7)2,9(12)14-3)10(13)15-4;3*1-3-4-2;/h7H,1-2,5-6H2,3-4H3;3*1,3-4H2,2H3;. The van der Waals surface area contributed by atoms with E-state index in [-0.39, 0.29) is 5.92 Å². The molecule has 1 aliphatic rings. The van der Waals surface area contributed by atoms with Crippen LogP contribution < -0.4 is 0 Å². The number of carbonyl (C=O) groups is 2. The number of carbonyl (C=O) groups excluding carboxylic acids is 2. The van der Waals surface area contributed by atoms with Gasteiger partial charge in [-0.2, -0.15) is 0 Å². The molecule has 1 saturated carbocycles. The van der Waals surface area contributed by atoms with E-state index in [2.05, 4.69) is 27.4 Å². The van der Waals surface area contributed by atoms with E-state index < -0.39 is 35.7 Å². The molecule has 1 fully saturated rings. The summed E-state index contributed by atoms with van der Waals surface area (Å²) in [5.74, 6) is -0.654. The van der Waals surface area contributed by atoms with Crippen LogP contribution in [0.4, 0.5) is 0 Å². The van der Waals surface area contributed by atoms with Gasteiger partial charge in [0.05, 0.1) is 0 Å². The Bertz CT molecular complexity index is 491. The van der Waals surface area contributed by atoms with Crippen LogP contribution in [0.25, 0.3) is 0 Å². The van der Waals surface area contributed by atoms with Gasteiger partial charge < -0.3 is 0 Å². The van der Waals surface area contributed by atoms with Crippen molar-refractivity contribution in [2.45, 2.75) is 89.9 Å². The van der Waals surface area contributed by atoms with Crippen molar-refractivity contribution in [3.05, 3.63) is 12.2 Å². The summed E-state index contributed by atoms with van der Waals surface area (Å²) in [5, 5.41) is 0. The van der Waals surface area contributed by atoms with Crippen molar-refractivity contribution in [1.29, 1.82) is 0 Å². The number of ether oxygens (including phenoxy) is 2. The van der Waals surface area contributed by atoms with Crippen LogP contribution in [0.2, 0.25) is 17.7 Å². The molecule has 0 aromatic carbocycles. The van der Waals surface area contributed by atoms with Gasteiger partial charge in [-0.05, 0) is 0 Å². The third-order valence-corrected chi connectivity index (χ3v) is 22.7. The van der Waals surface area contributed by atoms with Gasteiger partial charge in [0.1, 0.15) is 0 Å². The predicted octanol–water partition coefficient (Wildman–Crippen LogP) is 6.13. The SMILES string of the molecule is C=C1CC(C(=O)OC)(C(=O)OC)CC1[CH2][Sn]([CH2]CCC)([CH2]CCC)[CH2]CCC. The van der Waals surface area contributed by atoms with Crippen molar-refractivity contribution in [3.8, 4) is 0 Å². The molecule has 1 unspecified atom stereocenters. The van der Waals surface area contributed by atoms with Crippen molar-refractivity contribution in [1.82, 2.24) is 0 Å². The van der Waals surface area contributed by atoms with Gasteiger partial charge in [0, 0.05) is 0 Å². The van der Waals surface area contributed by atoms with E-state index in [1.54, 1.807) is 0 Å². The molecule has 5 heteroatoms. The minimum absolute atomic E-state index is 0.263. The third-order valence-electron chi connectivity index (χ3n) is 6.71. The fourth-order valence-corrected chi connectivity index (χ4v) is 22.6. The van der Waals surface area contributed by atoms with Gasteiger partial charge in [-0.1, -0.05) is 0 Å². The van der Waals surface area contributed by atoms with E-state index in [0.29, 0.717) is 12.8 Å². The molecule has 1 aliphatic carbocycles. The summed E-state index contributed by atoms with van der Waals surface area (Å²) in [5.41, 5.74) is -0.121. The summed E-state index contributed by atoms with van der Waals surface area (Å²) in [7, 11) is 2.72. The Labute approximate surface area is 176 Å². The summed E-state index contributed by atoms with van der Waals surface area (Å²) >= 11 is -2.38. The Morgan fingerprint density at radius 3 is 1.75 bits per heavy atom. The number of methoxy groups -OCH3 is 2. The van der Waals surface area contributed by atoms with Crippen LogP contribution in [-0.2, 0) is 19.1 Å². The van der Waals surface area contributed by atoms with Crippen LogP contribution in [0, 0.1) is 11.3 Å². The molecule has 0 N–H and O–H groups in total. The molecule has 4 nitrogen and oxygen atoms in total. The predicted molar refractivity (Wildman–Crippen MR) is 118 cm³/mol. The molecule has 162 valence electrons. The van der Waals surface area contributed by atoms with Gasteiger partial charge in [-0.25, -0.2) is 0 Å². The van der Waals surface area contributed by atoms with Crippen molar-refractivity contribution < 1.29 is 19.1 Å². The molecule has 1 atom stereocenters. The van der Waals surface area contributed by atoms with E-state index in [0.717, 1.165) is 5.57 Å². The van der Waals surface area contributed by atoms with E-state index in [4.69, 9.17) is 9.47 Å². The average molecular weight is 501 g/mol. The molecule has 0 aromatic rings. The number of esters is 2. The Morgan fingerprint density at radius 2 is 1.39 bits per heavy atom. The second-order valence-corrected chi connectivity index (χ2v) is 22.8. The van der Waals surface area contributed by atoms with Gasteiger partial charge in [0.25, 0.3) is 0 Å². The molecule has 28 heavy (non-hydrogen) atoms. The van der Waals surface area contributed by atoms with Crippen LogP contribution in [0.15, 0.2) is 12.2 Å². The summed E-state index contributed by atoms with van der Waals surface area (Å²) in [6, 6.07) is 0. The molecule has 0 saturated heterocycles. The third kappa shape index (κ3) is 6.24. The van der Waals surface area contributed by atoms with E-state index in [9.17, 15) is 9.59 Å². The fraction of sp³-hybridized carbons (Fsp3) is 0.826. The molecule has 0 heterocycles. The number of hydrogen-bond donors (Lipinski definition) is 0. The van der Waals surface area contributed by atoms with Crippen LogP contribution >= 0.6 is 0 Å². The molecule has 0 amide bonds. The molecular weight excluding hydrogens is 459 g/mol. The number of hydrogen-bond acceptors (Lipinski definition) is 4. The van der Waals surface area contributed by atoms with Gasteiger partial charge in [0.2, 0.25) is 0 Å². The summed E-state index contributed by atoms with van der Waals surface area (Å²) in [6.07, 6.45) is 8.61. The average Bonchev–Trinajstić information content (AvgIpc) is 3.04. The fourth-order valence-electron chi connectivity index (χ4n) is 5.03. The van der Waals surface area contributed by atoms with Crippen LogP contribution in [0.3, 0.4) is 0 Å². The van der Waals surface area contributed by atoms with Crippen molar-refractivity contribution in [2.24, 2.45) is 11.3 Å². The number of rotatable bonds is 13. The first-order valence-electron chi connectivity index (χ1n) is 11.2. The van der Waals surface area contributed by atoms with Gasteiger partial charge in [-0.3, -0.25) is 0 Å². The molecule has 0 radical (unpaired) electrons. The zero-order chi connectivity index (χ0) is 21.2. The Hall–Kier alpha value is -0.521. The summed E-state index contributed by atoms with van der Waals surface area (Å²) in [6.45, 7) is 11.2. The summed E-state index contributed by atoms with van der Waals surface area (Å²) < 4.78 is 15.5. The Kier molecular flexibility index (Phi) is 11.2. The minimum atomic E-state index is -2.38. The normalized spacial score (nSPS) is 18.9. The van der Waals surface area contributed by atoms with Crippen molar-refractivity contribution in [2.75, 3.05) is 14.2 Å². The second-order valence-electron chi connectivity index (χ2n) is 8.82. The molecule has 0 bridgehead atoms. The van der Waals surface area contributed by atoms with Gasteiger partial charge in [0.15, 0.2) is 0 Å². The van der Waals surface area contributed by atoms with Gasteiger partial charge >= 0.3 is 177 Å². The second kappa shape index (κ2) is 12.2. The van der Waals surface area contributed by atoms with Gasteiger partial charge in [-0.15, -0.1) is 0 Å². The van der Waals surface area contributed by atoms with Crippen molar-refractivity contribution in [3.63, 3.8) is 0 Å². The van der Waals surface area contributed by atoms with E-state index in [1.165, 1.54) is 70.5 Å². The first kappa shape index (κ1) is 25.5. The molecule has 0 spiro atoms. The van der Waals surface area contributed by atoms with Crippen molar-refractivity contribution >= 4 is 30.3 Å². The quantitative estimate of drug-likeness (QED) is 0.132. The zero-order valence-corrected chi connectivity index (χ0v) is 21.8. The first-order valence-corrected chi connectivity index (χ1v) is 19.3. The molecular formula is C23H42O4Sn. The van der Waals surface area contributed by atoms with E-state index in [1.807, 2.05) is 0 Å². The molecule has 0 aliphatic heterocycles. The maximum atomic E-state index is 12.6. The first-order chi connectivity index (χ1) is 13.3. The molecule has 1 rings (SSSR count). The monoisotopic (exact) mass is 502 g/mol. The van der Waals surface area contributed by atoms with Crippen LogP contribution in [-0.4, -0.2) is 44.5 Å². The maximum absolute atomic E-state index is 12.6. The zero-order valence-electron chi connectivity index (χ0n) is 18.9. The number of unbranched alkanes of at least 4 members (excludes halogenated alkanes) is 3. The molecule has 0 aromatic heterocycles. The Morgan fingerprint density at radius 1 is 0.964 bits per heavy atom. The van der Waals surface area contributed by atoms with Crippen LogP contribution in [0.1, 0.15) is 72.1 Å².